The van der Waals surface area contributed by atoms with Crippen molar-refractivity contribution in [3.05, 3.63) is 28.0 Å². The highest BCUT2D eigenvalue weighted by molar-refractivity contribution is 9.10. The topological polar surface area (TPSA) is 94.6 Å². The average Bonchev–Trinajstić information content (AvgIpc) is 2.32. The standard InChI is InChI=1S/C13H19BrN2O5S/c1-13(2,3)21-12(17)16-7-11-9(5-10(14)6-15-11)8-20-22(4,18)19/h5-6H,7-8H2,1-4H3,(H,16,17). The second-order valence-electron chi connectivity index (χ2n) is 5.58. The summed E-state index contributed by atoms with van der Waals surface area (Å²) in [4.78, 5) is 15.8. The molecule has 0 saturated carbocycles. The number of carbonyl (C=O) groups is 1. The first-order valence-corrected chi connectivity index (χ1v) is 9.02. The van der Waals surface area contributed by atoms with E-state index in [4.69, 9.17) is 8.92 Å². The number of hydrogen-bond donors (Lipinski definition) is 1. The number of pyridine rings is 1. The van der Waals surface area contributed by atoms with Crippen LogP contribution in [0.1, 0.15) is 32.0 Å². The lowest BCUT2D eigenvalue weighted by Gasteiger charge is -2.20. The molecule has 1 rings (SSSR count). The van der Waals surface area contributed by atoms with E-state index in [1.165, 1.54) is 0 Å². The van der Waals surface area contributed by atoms with Crippen molar-refractivity contribution in [2.45, 2.75) is 39.5 Å². The molecule has 0 fully saturated rings. The van der Waals surface area contributed by atoms with Gasteiger partial charge in [-0.15, -0.1) is 0 Å². The Kier molecular flexibility index (Phi) is 6.33. The molecule has 0 aliphatic carbocycles. The number of ether oxygens (including phenoxy) is 1. The van der Waals surface area contributed by atoms with Gasteiger partial charge in [0, 0.05) is 16.2 Å². The van der Waals surface area contributed by atoms with Gasteiger partial charge in [-0.2, -0.15) is 8.42 Å². The molecule has 9 heteroatoms. The lowest BCUT2D eigenvalue weighted by atomic mass is 10.2. The minimum atomic E-state index is -3.56. The molecule has 1 heterocycles. The quantitative estimate of drug-likeness (QED) is 0.770. The molecular formula is C13H19BrN2O5S. The Balaban J connectivity index is 2.75. The number of aromatic nitrogens is 1. The number of hydrogen-bond acceptors (Lipinski definition) is 6. The van der Waals surface area contributed by atoms with E-state index in [-0.39, 0.29) is 13.2 Å². The molecule has 0 atom stereocenters. The summed E-state index contributed by atoms with van der Waals surface area (Å²) in [6.45, 7) is 5.22. The fraction of sp³-hybridized carbons (Fsp3) is 0.538. The van der Waals surface area contributed by atoms with Gasteiger partial charge in [0.1, 0.15) is 5.60 Å². The van der Waals surface area contributed by atoms with Crippen LogP contribution in [0.4, 0.5) is 4.79 Å². The molecule has 22 heavy (non-hydrogen) atoms. The van der Waals surface area contributed by atoms with E-state index >= 15 is 0 Å². The molecule has 1 aromatic heterocycles. The van der Waals surface area contributed by atoms with Crippen LogP contribution in [0.5, 0.6) is 0 Å². The van der Waals surface area contributed by atoms with Gasteiger partial charge in [0.05, 0.1) is 25.1 Å². The van der Waals surface area contributed by atoms with Gasteiger partial charge in [0.2, 0.25) is 0 Å². The molecule has 0 bridgehead atoms. The van der Waals surface area contributed by atoms with Crippen LogP contribution in [-0.2, 0) is 32.2 Å². The van der Waals surface area contributed by atoms with Crippen molar-refractivity contribution in [2.24, 2.45) is 0 Å². The number of halogens is 1. The molecule has 1 N–H and O–H groups in total. The number of nitrogens with one attached hydrogen (secondary N) is 1. The predicted octanol–water partition coefficient (Wildman–Crippen LogP) is 2.35. The van der Waals surface area contributed by atoms with Crippen molar-refractivity contribution in [2.75, 3.05) is 6.26 Å². The third kappa shape index (κ3) is 7.71. The van der Waals surface area contributed by atoms with Crippen molar-refractivity contribution in [1.82, 2.24) is 10.3 Å². The molecular weight excluding hydrogens is 376 g/mol. The molecule has 0 saturated heterocycles. The largest absolute Gasteiger partial charge is 0.444 e. The van der Waals surface area contributed by atoms with E-state index in [2.05, 4.69) is 26.2 Å². The molecule has 1 aromatic rings. The first-order chi connectivity index (χ1) is 9.96. The van der Waals surface area contributed by atoms with Crippen LogP contribution in [0.3, 0.4) is 0 Å². The van der Waals surface area contributed by atoms with E-state index in [0.717, 1.165) is 6.26 Å². The number of alkyl carbamates (subject to hydrolysis) is 1. The van der Waals surface area contributed by atoms with Gasteiger partial charge in [0.25, 0.3) is 10.1 Å². The van der Waals surface area contributed by atoms with Crippen LogP contribution in [0.15, 0.2) is 16.7 Å². The van der Waals surface area contributed by atoms with Gasteiger partial charge >= 0.3 is 6.09 Å². The minimum Gasteiger partial charge on any atom is -0.444 e. The Labute approximate surface area is 138 Å². The van der Waals surface area contributed by atoms with Crippen LogP contribution in [0.2, 0.25) is 0 Å². The van der Waals surface area contributed by atoms with Crippen LogP contribution in [-0.4, -0.2) is 31.4 Å². The third-order valence-corrected chi connectivity index (χ3v) is 3.23. The van der Waals surface area contributed by atoms with Gasteiger partial charge in [-0.1, -0.05) is 0 Å². The second kappa shape index (κ2) is 7.38. The van der Waals surface area contributed by atoms with Gasteiger partial charge in [-0.05, 0) is 42.8 Å². The summed E-state index contributed by atoms with van der Waals surface area (Å²) in [5.74, 6) is 0. The van der Waals surface area contributed by atoms with Crippen LogP contribution in [0, 0.1) is 0 Å². The number of rotatable bonds is 5. The van der Waals surface area contributed by atoms with Crippen molar-refractivity contribution in [3.8, 4) is 0 Å². The van der Waals surface area contributed by atoms with E-state index in [1.54, 1.807) is 33.0 Å². The van der Waals surface area contributed by atoms with Crippen molar-refractivity contribution in [3.63, 3.8) is 0 Å². The maximum absolute atomic E-state index is 11.6. The molecule has 1 amide bonds. The molecule has 124 valence electrons. The van der Waals surface area contributed by atoms with Crippen molar-refractivity contribution in [1.29, 1.82) is 0 Å². The lowest BCUT2D eigenvalue weighted by molar-refractivity contribution is 0.0522. The minimum absolute atomic E-state index is 0.102. The first-order valence-electron chi connectivity index (χ1n) is 6.41. The highest BCUT2D eigenvalue weighted by Crippen LogP contribution is 2.16. The molecule has 0 unspecified atom stereocenters. The van der Waals surface area contributed by atoms with E-state index in [9.17, 15) is 13.2 Å². The summed E-state index contributed by atoms with van der Waals surface area (Å²) in [7, 11) is -3.56. The second-order valence-corrected chi connectivity index (χ2v) is 8.14. The molecule has 0 spiro atoms. The maximum Gasteiger partial charge on any atom is 0.407 e. The summed E-state index contributed by atoms with van der Waals surface area (Å²) in [6, 6.07) is 1.68. The maximum atomic E-state index is 11.6. The van der Waals surface area contributed by atoms with Crippen molar-refractivity contribution >= 4 is 32.1 Å². The zero-order valence-corrected chi connectivity index (χ0v) is 15.2. The van der Waals surface area contributed by atoms with Gasteiger partial charge in [-0.3, -0.25) is 9.17 Å². The Hall–Kier alpha value is -1.19. The molecule has 0 aromatic carbocycles. The smallest absolute Gasteiger partial charge is 0.407 e. The Morgan fingerprint density at radius 2 is 2.05 bits per heavy atom. The number of carbonyl (C=O) groups excluding carboxylic acids is 1. The predicted molar refractivity (Wildman–Crippen MR) is 84.6 cm³/mol. The average molecular weight is 395 g/mol. The molecule has 0 radical (unpaired) electrons. The first kappa shape index (κ1) is 18.9. The highest BCUT2D eigenvalue weighted by Gasteiger charge is 2.17. The van der Waals surface area contributed by atoms with Crippen LogP contribution in [0.25, 0.3) is 0 Å². The Morgan fingerprint density at radius 3 is 2.59 bits per heavy atom. The van der Waals surface area contributed by atoms with Crippen molar-refractivity contribution < 1.29 is 22.1 Å². The summed E-state index contributed by atoms with van der Waals surface area (Å²) in [5.41, 5.74) is 0.452. The normalized spacial score (nSPS) is 12.0. The van der Waals surface area contributed by atoms with Crippen LogP contribution >= 0.6 is 15.9 Å². The lowest BCUT2D eigenvalue weighted by Crippen LogP contribution is -2.32. The monoisotopic (exact) mass is 394 g/mol. The van der Waals surface area contributed by atoms with Gasteiger partial charge < -0.3 is 10.1 Å². The fourth-order valence-electron chi connectivity index (χ4n) is 1.43. The Morgan fingerprint density at radius 1 is 1.41 bits per heavy atom. The van der Waals surface area contributed by atoms with E-state index in [0.29, 0.717) is 15.7 Å². The van der Waals surface area contributed by atoms with E-state index < -0.39 is 21.8 Å². The highest BCUT2D eigenvalue weighted by atomic mass is 79.9. The molecule has 0 aliphatic rings. The third-order valence-electron chi connectivity index (χ3n) is 2.25. The van der Waals surface area contributed by atoms with Gasteiger partial charge in [0.15, 0.2) is 0 Å². The molecule has 7 nitrogen and oxygen atoms in total. The summed E-state index contributed by atoms with van der Waals surface area (Å²) < 4.78 is 32.7. The zero-order valence-electron chi connectivity index (χ0n) is 12.8. The summed E-state index contributed by atoms with van der Waals surface area (Å²) >= 11 is 3.26. The van der Waals surface area contributed by atoms with E-state index in [1.807, 2.05) is 0 Å². The Bertz CT molecular complexity index is 640. The molecule has 0 aliphatic heterocycles. The zero-order chi connectivity index (χ0) is 17.0. The SMILES string of the molecule is CC(C)(C)OC(=O)NCc1ncc(Br)cc1COS(C)(=O)=O. The summed E-state index contributed by atoms with van der Waals surface area (Å²) in [6.07, 6.45) is 1.94. The number of nitrogens with zero attached hydrogens (tertiary/aromatic N) is 1. The number of amides is 1. The van der Waals surface area contributed by atoms with Gasteiger partial charge in [-0.25, -0.2) is 4.79 Å². The van der Waals surface area contributed by atoms with Crippen LogP contribution < -0.4 is 5.32 Å². The fourth-order valence-corrected chi connectivity index (χ4v) is 2.15. The summed E-state index contributed by atoms with van der Waals surface area (Å²) in [5, 5.41) is 2.57.